The molecule has 0 unspecified atom stereocenters. The highest BCUT2D eigenvalue weighted by Gasteiger charge is 2.06. The number of rotatable bonds is 3. The van der Waals surface area contributed by atoms with Gasteiger partial charge in [-0.15, -0.1) is 11.3 Å². The standard InChI is InChI=1S/C9H13NOS/c1-7(2)10(3)9-5-4-8(6-11)12-9/h4-7H,1-3H3. The molecule has 1 rings (SSSR count). The molecule has 0 spiro atoms. The predicted molar refractivity (Wildman–Crippen MR) is 53.2 cm³/mol. The van der Waals surface area contributed by atoms with Crippen LogP contribution in [0.4, 0.5) is 5.00 Å². The van der Waals surface area contributed by atoms with E-state index in [0.717, 1.165) is 16.2 Å². The Balaban J connectivity index is 2.81. The molecule has 3 heteroatoms. The Labute approximate surface area is 76.8 Å². The van der Waals surface area contributed by atoms with Crippen LogP contribution in [0.2, 0.25) is 0 Å². The third-order valence-electron chi connectivity index (χ3n) is 1.85. The van der Waals surface area contributed by atoms with Gasteiger partial charge >= 0.3 is 0 Å². The molecule has 0 saturated heterocycles. The average Bonchev–Trinajstić information content (AvgIpc) is 2.50. The second kappa shape index (κ2) is 3.72. The van der Waals surface area contributed by atoms with Crippen LogP contribution in [0.3, 0.4) is 0 Å². The zero-order valence-corrected chi connectivity index (χ0v) is 8.39. The number of anilines is 1. The highest BCUT2D eigenvalue weighted by atomic mass is 32.1. The smallest absolute Gasteiger partial charge is 0.160 e. The quantitative estimate of drug-likeness (QED) is 0.671. The van der Waals surface area contributed by atoms with Gasteiger partial charge < -0.3 is 4.90 Å². The van der Waals surface area contributed by atoms with Crippen molar-refractivity contribution in [1.82, 2.24) is 0 Å². The lowest BCUT2D eigenvalue weighted by Crippen LogP contribution is -2.24. The number of thiophene rings is 1. The molecule has 0 aromatic carbocycles. The zero-order valence-electron chi connectivity index (χ0n) is 7.57. The number of nitrogens with zero attached hydrogens (tertiary/aromatic N) is 1. The van der Waals surface area contributed by atoms with Gasteiger partial charge in [-0.3, -0.25) is 4.79 Å². The Kier molecular flexibility index (Phi) is 2.87. The second-order valence-corrected chi connectivity index (χ2v) is 4.09. The summed E-state index contributed by atoms with van der Waals surface area (Å²) in [6.45, 7) is 4.25. The van der Waals surface area contributed by atoms with Crippen LogP contribution < -0.4 is 4.90 Å². The van der Waals surface area contributed by atoms with Gasteiger partial charge in [0.15, 0.2) is 6.29 Å². The first-order valence-electron chi connectivity index (χ1n) is 3.93. The molecule has 12 heavy (non-hydrogen) atoms. The van der Waals surface area contributed by atoms with Crippen molar-refractivity contribution in [2.24, 2.45) is 0 Å². The molecular formula is C9H13NOS. The molecule has 1 aromatic heterocycles. The third kappa shape index (κ3) is 1.85. The van der Waals surface area contributed by atoms with Crippen LogP contribution >= 0.6 is 11.3 Å². The van der Waals surface area contributed by atoms with E-state index in [0.29, 0.717) is 6.04 Å². The van der Waals surface area contributed by atoms with Crippen molar-refractivity contribution in [1.29, 1.82) is 0 Å². The first-order valence-corrected chi connectivity index (χ1v) is 4.74. The number of carbonyl (C=O) groups is 1. The summed E-state index contributed by atoms with van der Waals surface area (Å²) in [6, 6.07) is 4.31. The van der Waals surface area contributed by atoms with Gasteiger partial charge in [0, 0.05) is 13.1 Å². The van der Waals surface area contributed by atoms with E-state index in [1.165, 1.54) is 11.3 Å². The van der Waals surface area contributed by atoms with E-state index >= 15 is 0 Å². The molecule has 0 radical (unpaired) electrons. The number of carbonyl (C=O) groups excluding carboxylic acids is 1. The molecule has 0 bridgehead atoms. The van der Waals surface area contributed by atoms with Gasteiger partial charge in [0.25, 0.3) is 0 Å². The first kappa shape index (κ1) is 9.26. The van der Waals surface area contributed by atoms with E-state index in [4.69, 9.17) is 0 Å². The molecule has 2 nitrogen and oxygen atoms in total. The maximum absolute atomic E-state index is 10.4. The Hall–Kier alpha value is -0.830. The van der Waals surface area contributed by atoms with Crippen molar-refractivity contribution in [2.75, 3.05) is 11.9 Å². The summed E-state index contributed by atoms with van der Waals surface area (Å²) >= 11 is 1.53. The molecule has 0 aliphatic heterocycles. The second-order valence-electron chi connectivity index (χ2n) is 3.00. The van der Waals surface area contributed by atoms with Gasteiger partial charge in [0.2, 0.25) is 0 Å². The van der Waals surface area contributed by atoms with Crippen molar-refractivity contribution >= 4 is 22.6 Å². The van der Waals surface area contributed by atoms with E-state index in [9.17, 15) is 4.79 Å². The molecule has 0 atom stereocenters. The Bertz CT molecular complexity index is 267. The van der Waals surface area contributed by atoms with Crippen molar-refractivity contribution in [3.63, 3.8) is 0 Å². The van der Waals surface area contributed by atoms with Crippen molar-refractivity contribution in [3.05, 3.63) is 17.0 Å². The van der Waals surface area contributed by atoms with E-state index in [1.54, 1.807) is 0 Å². The molecule has 66 valence electrons. The summed E-state index contributed by atoms with van der Waals surface area (Å²) < 4.78 is 0. The lowest BCUT2D eigenvalue weighted by Gasteiger charge is -2.21. The lowest BCUT2D eigenvalue weighted by atomic mass is 10.3. The third-order valence-corrected chi connectivity index (χ3v) is 2.95. The average molecular weight is 183 g/mol. The van der Waals surface area contributed by atoms with Crippen LogP contribution in [-0.4, -0.2) is 19.4 Å². The van der Waals surface area contributed by atoms with Gasteiger partial charge in [-0.1, -0.05) is 0 Å². The largest absolute Gasteiger partial charge is 0.364 e. The fraction of sp³-hybridized carbons (Fsp3) is 0.444. The minimum atomic E-state index is 0.475. The fourth-order valence-electron chi connectivity index (χ4n) is 0.850. The van der Waals surface area contributed by atoms with Crippen molar-refractivity contribution in [2.45, 2.75) is 19.9 Å². The van der Waals surface area contributed by atoms with Crippen LogP contribution in [0.15, 0.2) is 12.1 Å². The molecule has 0 N–H and O–H groups in total. The summed E-state index contributed by atoms with van der Waals surface area (Å²) in [5.41, 5.74) is 0. The minimum absolute atomic E-state index is 0.475. The summed E-state index contributed by atoms with van der Waals surface area (Å²) in [7, 11) is 2.03. The van der Waals surface area contributed by atoms with Gasteiger partial charge in [0.05, 0.1) is 9.88 Å². The topological polar surface area (TPSA) is 20.3 Å². The number of hydrogen-bond acceptors (Lipinski definition) is 3. The summed E-state index contributed by atoms with van der Waals surface area (Å²) in [4.78, 5) is 13.3. The maximum atomic E-state index is 10.4. The molecular weight excluding hydrogens is 170 g/mol. The molecule has 0 fully saturated rings. The molecule has 1 aromatic rings. The monoisotopic (exact) mass is 183 g/mol. The van der Waals surface area contributed by atoms with Crippen LogP contribution in [0.1, 0.15) is 23.5 Å². The van der Waals surface area contributed by atoms with E-state index < -0.39 is 0 Å². The van der Waals surface area contributed by atoms with Gasteiger partial charge in [-0.05, 0) is 26.0 Å². The van der Waals surface area contributed by atoms with Crippen LogP contribution in [0, 0.1) is 0 Å². The van der Waals surface area contributed by atoms with Crippen molar-refractivity contribution in [3.8, 4) is 0 Å². The van der Waals surface area contributed by atoms with Gasteiger partial charge in [0.1, 0.15) is 0 Å². The number of hydrogen-bond donors (Lipinski definition) is 0. The van der Waals surface area contributed by atoms with E-state index in [-0.39, 0.29) is 0 Å². The Morgan fingerprint density at radius 1 is 1.50 bits per heavy atom. The van der Waals surface area contributed by atoms with Crippen LogP contribution in [0.5, 0.6) is 0 Å². The first-order chi connectivity index (χ1) is 5.65. The normalized spacial score (nSPS) is 10.3. The van der Waals surface area contributed by atoms with Gasteiger partial charge in [-0.25, -0.2) is 0 Å². The molecule has 0 saturated carbocycles. The summed E-state index contributed by atoms with van der Waals surface area (Å²) in [5.74, 6) is 0. The highest BCUT2D eigenvalue weighted by molar-refractivity contribution is 7.17. The zero-order chi connectivity index (χ0) is 9.14. The van der Waals surface area contributed by atoms with Crippen LogP contribution in [-0.2, 0) is 0 Å². The lowest BCUT2D eigenvalue weighted by molar-refractivity contribution is 0.112. The van der Waals surface area contributed by atoms with Crippen LogP contribution in [0.25, 0.3) is 0 Å². The fourth-order valence-corrected chi connectivity index (χ4v) is 1.77. The summed E-state index contributed by atoms with van der Waals surface area (Å²) in [6.07, 6.45) is 0.891. The summed E-state index contributed by atoms with van der Waals surface area (Å²) in [5, 5.41) is 1.15. The van der Waals surface area contributed by atoms with Crippen molar-refractivity contribution < 1.29 is 4.79 Å². The Morgan fingerprint density at radius 3 is 2.58 bits per heavy atom. The minimum Gasteiger partial charge on any atom is -0.364 e. The SMILES string of the molecule is CC(C)N(C)c1ccc(C=O)s1. The molecule has 0 aliphatic rings. The van der Waals surface area contributed by atoms with E-state index in [2.05, 4.69) is 18.7 Å². The highest BCUT2D eigenvalue weighted by Crippen LogP contribution is 2.24. The predicted octanol–water partition coefficient (Wildman–Crippen LogP) is 2.41. The van der Waals surface area contributed by atoms with Gasteiger partial charge in [-0.2, -0.15) is 0 Å². The molecule has 1 heterocycles. The van der Waals surface area contributed by atoms with E-state index in [1.807, 2.05) is 19.2 Å². The molecule has 0 amide bonds. The number of aldehydes is 1. The Morgan fingerprint density at radius 2 is 2.17 bits per heavy atom. The maximum Gasteiger partial charge on any atom is 0.160 e. The molecule has 0 aliphatic carbocycles.